The van der Waals surface area contributed by atoms with Crippen LogP contribution in [0.25, 0.3) is 11.1 Å². The monoisotopic (exact) mass is 480 g/mol. The zero-order chi connectivity index (χ0) is 25.3. The van der Waals surface area contributed by atoms with Crippen LogP contribution in [0.5, 0.6) is 11.5 Å². The van der Waals surface area contributed by atoms with Gasteiger partial charge in [0.25, 0.3) is 11.8 Å². The third-order valence-corrected chi connectivity index (χ3v) is 5.48. The highest BCUT2D eigenvalue weighted by Gasteiger charge is 2.18. The van der Waals surface area contributed by atoms with Crippen LogP contribution in [0.15, 0.2) is 97.1 Å². The molecule has 0 unspecified atom stereocenters. The van der Waals surface area contributed by atoms with Crippen molar-refractivity contribution in [3.05, 3.63) is 108 Å². The van der Waals surface area contributed by atoms with Crippen LogP contribution < -0.4 is 20.1 Å². The molecule has 0 saturated heterocycles. The number of ether oxygens (including phenoxy) is 2. The van der Waals surface area contributed by atoms with E-state index in [-0.39, 0.29) is 11.8 Å². The summed E-state index contributed by atoms with van der Waals surface area (Å²) in [5.41, 5.74) is 3.57. The summed E-state index contributed by atoms with van der Waals surface area (Å²) in [6, 6.07) is 28.9. The molecule has 0 saturated carbocycles. The van der Waals surface area contributed by atoms with Crippen molar-refractivity contribution in [2.45, 2.75) is 13.8 Å². The first-order chi connectivity index (χ1) is 17.6. The second kappa shape index (κ2) is 11.7. The van der Waals surface area contributed by atoms with Crippen molar-refractivity contribution in [3.63, 3.8) is 0 Å². The van der Waals surface area contributed by atoms with Crippen molar-refractivity contribution in [1.29, 1.82) is 0 Å². The van der Waals surface area contributed by atoms with E-state index in [9.17, 15) is 9.59 Å². The Hall–Kier alpha value is -4.58. The summed E-state index contributed by atoms with van der Waals surface area (Å²) < 4.78 is 10.9. The zero-order valence-corrected chi connectivity index (χ0v) is 20.3. The Balaban J connectivity index is 1.58. The number of carbonyl (C=O) groups is 2. The molecular weight excluding hydrogens is 452 g/mol. The van der Waals surface area contributed by atoms with E-state index >= 15 is 0 Å². The van der Waals surface area contributed by atoms with E-state index in [4.69, 9.17) is 9.47 Å². The van der Waals surface area contributed by atoms with Crippen molar-refractivity contribution >= 4 is 23.2 Å². The van der Waals surface area contributed by atoms with Crippen LogP contribution in [0.1, 0.15) is 34.6 Å². The van der Waals surface area contributed by atoms with Gasteiger partial charge in [0.2, 0.25) is 0 Å². The highest BCUT2D eigenvalue weighted by Crippen LogP contribution is 2.29. The lowest BCUT2D eigenvalue weighted by Crippen LogP contribution is -2.16. The van der Waals surface area contributed by atoms with E-state index in [0.717, 1.165) is 11.5 Å². The lowest BCUT2D eigenvalue weighted by atomic mass is 9.94. The Morgan fingerprint density at radius 3 is 1.28 bits per heavy atom. The van der Waals surface area contributed by atoms with Crippen LogP contribution in [-0.4, -0.2) is 25.0 Å². The zero-order valence-electron chi connectivity index (χ0n) is 20.3. The van der Waals surface area contributed by atoms with Gasteiger partial charge >= 0.3 is 0 Å². The second-order valence-electron chi connectivity index (χ2n) is 7.91. The number of hydrogen-bond donors (Lipinski definition) is 2. The average Bonchev–Trinajstić information content (AvgIpc) is 2.91. The van der Waals surface area contributed by atoms with Crippen LogP contribution in [0.3, 0.4) is 0 Å². The first-order valence-electron chi connectivity index (χ1n) is 11.9. The minimum Gasteiger partial charge on any atom is -0.494 e. The van der Waals surface area contributed by atoms with Gasteiger partial charge in [0.1, 0.15) is 11.5 Å². The second-order valence-corrected chi connectivity index (χ2v) is 7.91. The first-order valence-corrected chi connectivity index (χ1v) is 11.9. The SMILES string of the molecule is CCOc1ccc(NC(=O)c2ccccc2-c2ccccc2C(=O)Nc2ccc(OCC)cc2)cc1. The fraction of sp³-hybridized carbons (Fsp3) is 0.133. The molecule has 4 rings (SSSR count). The maximum Gasteiger partial charge on any atom is 0.256 e. The molecule has 0 spiro atoms. The van der Waals surface area contributed by atoms with Crippen molar-refractivity contribution in [2.24, 2.45) is 0 Å². The van der Waals surface area contributed by atoms with Crippen molar-refractivity contribution in [2.75, 3.05) is 23.8 Å². The molecule has 0 heterocycles. The number of anilines is 2. The molecule has 0 aliphatic rings. The summed E-state index contributed by atoms with van der Waals surface area (Å²) in [6.07, 6.45) is 0. The quantitative estimate of drug-likeness (QED) is 0.281. The number of nitrogens with one attached hydrogen (secondary N) is 2. The molecule has 0 radical (unpaired) electrons. The first kappa shape index (κ1) is 24.5. The Morgan fingerprint density at radius 1 is 0.556 bits per heavy atom. The molecule has 0 bridgehead atoms. The van der Waals surface area contributed by atoms with Gasteiger partial charge in [-0.15, -0.1) is 0 Å². The fourth-order valence-corrected chi connectivity index (χ4v) is 3.83. The lowest BCUT2D eigenvalue weighted by Gasteiger charge is -2.14. The summed E-state index contributed by atoms with van der Waals surface area (Å²) in [7, 11) is 0. The molecule has 0 aliphatic carbocycles. The Bertz CT molecular complexity index is 1230. The Labute approximate surface area is 210 Å². The molecule has 36 heavy (non-hydrogen) atoms. The Kier molecular flexibility index (Phi) is 7.98. The van der Waals surface area contributed by atoms with Gasteiger partial charge in [0.05, 0.1) is 13.2 Å². The molecule has 0 aliphatic heterocycles. The smallest absolute Gasteiger partial charge is 0.256 e. The predicted molar refractivity (Wildman–Crippen MR) is 143 cm³/mol. The molecule has 4 aromatic carbocycles. The van der Waals surface area contributed by atoms with Crippen LogP contribution in [0.2, 0.25) is 0 Å². The van der Waals surface area contributed by atoms with E-state index in [2.05, 4.69) is 10.6 Å². The van der Waals surface area contributed by atoms with Crippen molar-refractivity contribution in [3.8, 4) is 22.6 Å². The molecule has 2 amide bonds. The third-order valence-electron chi connectivity index (χ3n) is 5.48. The molecule has 6 nitrogen and oxygen atoms in total. The molecule has 4 aromatic rings. The standard InChI is InChI=1S/C30H28N2O4/c1-3-35-23-17-13-21(14-18-23)31-29(33)27-11-7-5-9-25(27)26-10-6-8-12-28(26)30(34)32-22-15-19-24(20-16-22)36-4-2/h5-20H,3-4H2,1-2H3,(H,31,33)(H,32,34). The van der Waals surface area contributed by atoms with E-state index in [1.165, 1.54) is 0 Å². The number of amides is 2. The van der Waals surface area contributed by atoms with Gasteiger partial charge in [0.15, 0.2) is 0 Å². The molecule has 0 aromatic heterocycles. The molecule has 0 atom stereocenters. The largest absolute Gasteiger partial charge is 0.494 e. The molecular formula is C30H28N2O4. The summed E-state index contributed by atoms with van der Waals surface area (Å²) in [4.78, 5) is 26.4. The number of carbonyl (C=O) groups excluding carboxylic acids is 2. The van der Waals surface area contributed by atoms with Gasteiger partial charge in [-0.05, 0) is 85.6 Å². The topological polar surface area (TPSA) is 76.7 Å². The van der Waals surface area contributed by atoms with E-state index in [0.29, 0.717) is 46.8 Å². The third kappa shape index (κ3) is 5.91. The minimum atomic E-state index is -0.267. The number of benzene rings is 4. The van der Waals surface area contributed by atoms with Crippen LogP contribution in [0, 0.1) is 0 Å². The molecule has 6 heteroatoms. The number of rotatable bonds is 9. The average molecular weight is 481 g/mol. The normalized spacial score (nSPS) is 10.4. The van der Waals surface area contributed by atoms with E-state index < -0.39 is 0 Å². The van der Waals surface area contributed by atoms with Crippen molar-refractivity contribution < 1.29 is 19.1 Å². The van der Waals surface area contributed by atoms with Gasteiger partial charge < -0.3 is 20.1 Å². The van der Waals surface area contributed by atoms with Crippen LogP contribution >= 0.6 is 0 Å². The molecule has 182 valence electrons. The summed E-state index contributed by atoms with van der Waals surface area (Å²) in [5, 5.41) is 5.87. The van der Waals surface area contributed by atoms with Gasteiger partial charge in [-0.1, -0.05) is 36.4 Å². The highest BCUT2D eigenvalue weighted by molar-refractivity contribution is 6.13. The molecule has 2 N–H and O–H groups in total. The molecule has 0 fully saturated rings. The summed E-state index contributed by atoms with van der Waals surface area (Å²) in [5.74, 6) is 0.944. The fourth-order valence-electron chi connectivity index (χ4n) is 3.83. The Morgan fingerprint density at radius 2 is 0.917 bits per heavy atom. The highest BCUT2D eigenvalue weighted by atomic mass is 16.5. The van der Waals surface area contributed by atoms with Crippen LogP contribution in [0.4, 0.5) is 11.4 Å². The summed E-state index contributed by atoms with van der Waals surface area (Å²) >= 11 is 0. The minimum absolute atomic E-state index is 0.267. The predicted octanol–water partition coefficient (Wildman–Crippen LogP) is 6.66. The van der Waals surface area contributed by atoms with Gasteiger partial charge in [-0.3, -0.25) is 9.59 Å². The van der Waals surface area contributed by atoms with Gasteiger partial charge in [-0.25, -0.2) is 0 Å². The maximum atomic E-state index is 13.2. The van der Waals surface area contributed by atoms with Crippen molar-refractivity contribution in [1.82, 2.24) is 0 Å². The summed E-state index contributed by atoms with van der Waals surface area (Å²) in [6.45, 7) is 4.99. The van der Waals surface area contributed by atoms with Crippen LogP contribution in [-0.2, 0) is 0 Å². The van der Waals surface area contributed by atoms with E-state index in [1.54, 1.807) is 48.5 Å². The lowest BCUT2D eigenvalue weighted by molar-refractivity contribution is 0.101. The van der Waals surface area contributed by atoms with Gasteiger partial charge in [-0.2, -0.15) is 0 Å². The van der Waals surface area contributed by atoms with Gasteiger partial charge in [0, 0.05) is 22.5 Å². The maximum absolute atomic E-state index is 13.2. The van der Waals surface area contributed by atoms with E-state index in [1.807, 2.05) is 62.4 Å². The number of hydrogen-bond acceptors (Lipinski definition) is 4.